The number of phenols is 1. The van der Waals surface area contributed by atoms with Crippen LogP contribution >= 0.6 is 11.3 Å². The lowest BCUT2D eigenvalue weighted by Gasteiger charge is -2.11. The van der Waals surface area contributed by atoms with E-state index in [-0.39, 0.29) is 11.7 Å². The summed E-state index contributed by atoms with van der Waals surface area (Å²) in [5.41, 5.74) is 2.87. The van der Waals surface area contributed by atoms with E-state index in [1.54, 1.807) is 37.3 Å². The molecule has 0 spiro atoms. The van der Waals surface area contributed by atoms with E-state index in [1.165, 1.54) is 18.6 Å². The van der Waals surface area contributed by atoms with Gasteiger partial charge in [-0.05, 0) is 37.6 Å². The first-order valence-electron chi connectivity index (χ1n) is 9.45. The Hall–Kier alpha value is -3.86. The van der Waals surface area contributed by atoms with Crippen LogP contribution in [-0.4, -0.2) is 30.8 Å². The molecule has 3 N–H and O–H groups in total. The number of aryl methyl sites for hydroxylation is 1. The first kappa shape index (κ1) is 21.4. The molecule has 0 unspecified atom stereocenters. The number of alkyl halides is 2. The number of carbonyl (C=O) groups excluding carboxylic acids is 1. The van der Waals surface area contributed by atoms with Crippen molar-refractivity contribution in [3.8, 4) is 17.0 Å². The molecule has 1 amide bonds. The molecular weight excluding hydrogens is 438 g/mol. The average Bonchev–Trinajstić information content (AvgIpc) is 3.44. The lowest BCUT2D eigenvalue weighted by Crippen LogP contribution is -2.12. The van der Waals surface area contributed by atoms with Crippen molar-refractivity contribution in [1.82, 2.24) is 19.7 Å². The number of benzene rings is 1. The number of pyridine rings is 1. The monoisotopic (exact) mass is 456 g/mol. The third kappa shape index (κ3) is 4.42. The molecule has 0 fully saturated rings. The number of aromatic nitrogens is 4. The molecule has 1 aromatic carbocycles. The molecule has 0 saturated carbocycles. The highest BCUT2D eigenvalue weighted by molar-refractivity contribution is 7.17. The summed E-state index contributed by atoms with van der Waals surface area (Å²) in [6.07, 6.45) is 3.97. The molecule has 0 aliphatic carbocycles. The molecule has 11 heteroatoms. The Balaban J connectivity index is 1.49. The zero-order valence-electron chi connectivity index (χ0n) is 17.0. The van der Waals surface area contributed by atoms with E-state index in [0.717, 1.165) is 16.9 Å². The SMILES string of the molecule is Cc1ccc(O)c(C)c1NC(=O)c1cnc(Nc2cccc(-c3cnn(C(F)F)c3)n2)s1. The summed E-state index contributed by atoms with van der Waals surface area (Å²) in [4.78, 5) is 21.6. The summed E-state index contributed by atoms with van der Waals surface area (Å²) < 4.78 is 26.0. The molecule has 4 rings (SSSR count). The number of phenolic OH excluding ortho intramolecular Hbond substituents is 1. The van der Waals surface area contributed by atoms with Crippen LogP contribution in [0.15, 0.2) is 48.9 Å². The number of thiazole rings is 1. The smallest absolute Gasteiger partial charge is 0.333 e. The number of nitrogens with one attached hydrogen (secondary N) is 2. The summed E-state index contributed by atoms with van der Waals surface area (Å²) >= 11 is 1.13. The number of carbonyl (C=O) groups is 1. The Morgan fingerprint density at radius 2 is 2.00 bits per heavy atom. The highest BCUT2D eigenvalue weighted by Gasteiger charge is 2.15. The van der Waals surface area contributed by atoms with E-state index >= 15 is 0 Å². The van der Waals surface area contributed by atoms with Crippen molar-refractivity contribution in [2.24, 2.45) is 0 Å². The Morgan fingerprint density at radius 1 is 1.19 bits per heavy atom. The fourth-order valence-electron chi connectivity index (χ4n) is 2.99. The van der Waals surface area contributed by atoms with Crippen molar-refractivity contribution in [2.75, 3.05) is 10.6 Å². The van der Waals surface area contributed by atoms with Gasteiger partial charge in [-0.3, -0.25) is 4.79 Å². The van der Waals surface area contributed by atoms with Crippen LogP contribution in [0.3, 0.4) is 0 Å². The molecule has 0 aliphatic heterocycles. The number of rotatable bonds is 6. The third-order valence-corrected chi connectivity index (χ3v) is 5.61. The van der Waals surface area contributed by atoms with Crippen molar-refractivity contribution < 1.29 is 18.7 Å². The molecule has 0 radical (unpaired) electrons. The van der Waals surface area contributed by atoms with Gasteiger partial charge in [-0.1, -0.05) is 23.5 Å². The van der Waals surface area contributed by atoms with Gasteiger partial charge in [0.2, 0.25) is 0 Å². The summed E-state index contributed by atoms with van der Waals surface area (Å²) in [6.45, 7) is 0.838. The topological polar surface area (TPSA) is 105 Å². The molecule has 0 aliphatic rings. The normalized spacial score (nSPS) is 11.0. The first-order chi connectivity index (χ1) is 15.3. The highest BCUT2D eigenvalue weighted by Crippen LogP contribution is 2.30. The minimum absolute atomic E-state index is 0.0996. The van der Waals surface area contributed by atoms with Crippen LogP contribution in [0.25, 0.3) is 11.3 Å². The number of nitrogens with zero attached hydrogens (tertiary/aromatic N) is 4. The van der Waals surface area contributed by atoms with Gasteiger partial charge in [-0.2, -0.15) is 13.9 Å². The van der Waals surface area contributed by atoms with Gasteiger partial charge >= 0.3 is 6.55 Å². The van der Waals surface area contributed by atoms with Crippen molar-refractivity contribution in [2.45, 2.75) is 20.4 Å². The van der Waals surface area contributed by atoms with Crippen LogP contribution in [-0.2, 0) is 0 Å². The Labute approximate surface area is 185 Å². The summed E-state index contributed by atoms with van der Waals surface area (Å²) in [5, 5.41) is 19.8. The molecular formula is C21H18F2N6O2S. The molecule has 0 atom stereocenters. The summed E-state index contributed by atoms with van der Waals surface area (Å²) in [5.74, 6) is 0.185. The molecule has 3 heterocycles. The third-order valence-electron chi connectivity index (χ3n) is 4.69. The van der Waals surface area contributed by atoms with Crippen LogP contribution < -0.4 is 10.6 Å². The lowest BCUT2D eigenvalue weighted by atomic mass is 10.1. The summed E-state index contributed by atoms with van der Waals surface area (Å²) in [6, 6.07) is 8.40. The number of amides is 1. The van der Waals surface area contributed by atoms with Gasteiger partial charge in [-0.15, -0.1) is 0 Å². The van der Waals surface area contributed by atoms with E-state index < -0.39 is 6.55 Å². The maximum Gasteiger partial charge on any atom is 0.333 e. The Kier molecular flexibility index (Phi) is 5.82. The van der Waals surface area contributed by atoms with Crippen LogP contribution in [0, 0.1) is 13.8 Å². The van der Waals surface area contributed by atoms with Gasteiger partial charge in [0.25, 0.3) is 5.91 Å². The zero-order chi connectivity index (χ0) is 22.8. The van der Waals surface area contributed by atoms with E-state index in [2.05, 4.69) is 25.7 Å². The van der Waals surface area contributed by atoms with Gasteiger partial charge in [0.05, 0.1) is 23.8 Å². The van der Waals surface area contributed by atoms with Crippen molar-refractivity contribution in [3.63, 3.8) is 0 Å². The summed E-state index contributed by atoms with van der Waals surface area (Å²) in [7, 11) is 0. The van der Waals surface area contributed by atoms with Gasteiger partial charge in [0.15, 0.2) is 5.13 Å². The van der Waals surface area contributed by atoms with Gasteiger partial charge in [-0.25, -0.2) is 14.6 Å². The number of halogens is 2. The number of hydrogen-bond donors (Lipinski definition) is 3. The fourth-order valence-corrected chi connectivity index (χ4v) is 3.71. The van der Waals surface area contributed by atoms with E-state index in [9.17, 15) is 18.7 Å². The van der Waals surface area contributed by atoms with E-state index in [1.807, 2.05) is 6.92 Å². The average molecular weight is 456 g/mol. The first-order valence-corrected chi connectivity index (χ1v) is 10.3. The predicted molar refractivity (Wildman–Crippen MR) is 118 cm³/mol. The highest BCUT2D eigenvalue weighted by atomic mass is 32.1. The second-order valence-electron chi connectivity index (χ2n) is 6.91. The largest absolute Gasteiger partial charge is 0.508 e. The second-order valence-corrected chi connectivity index (χ2v) is 7.94. The van der Waals surface area contributed by atoms with E-state index in [4.69, 9.17) is 0 Å². The number of hydrogen-bond acceptors (Lipinski definition) is 7. The molecule has 0 bridgehead atoms. The lowest BCUT2D eigenvalue weighted by molar-refractivity contribution is 0.0566. The van der Waals surface area contributed by atoms with Crippen LogP contribution in [0.1, 0.15) is 27.3 Å². The maximum atomic E-state index is 12.7. The van der Waals surface area contributed by atoms with Crippen LogP contribution in [0.2, 0.25) is 0 Å². The van der Waals surface area contributed by atoms with Gasteiger partial charge < -0.3 is 15.7 Å². The maximum absolute atomic E-state index is 12.7. The fraction of sp³-hybridized carbons (Fsp3) is 0.143. The predicted octanol–water partition coefficient (Wildman–Crippen LogP) is 5.12. The zero-order valence-corrected chi connectivity index (χ0v) is 17.8. The number of anilines is 3. The van der Waals surface area contributed by atoms with Gasteiger partial charge in [0.1, 0.15) is 16.4 Å². The van der Waals surface area contributed by atoms with Crippen molar-refractivity contribution >= 4 is 33.9 Å². The molecule has 4 aromatic rings. The Morgan fingerprint density at radius 3 is 2.75 bits per heavy atom. The quantitative estimate of drug-likeness (QED) is 0.372. The Bertz CT molecular complexity index is 1290. The molecule has 164 valence electrons. The van der Waals surface area contributed by atoms with Crippen LogP contribution in [0.5, 0.6) is 5.75 Å². The van der Waals surface area contributed by atoms with Gasteiger partial charge in [0, 0.05) is 17.3 Å². The molecule has 3 aromatic heterocycles. The second kappa shape index (κ2) is 8.71. The molecule has 8 nitrogen and oxygen atoms in total. The number of aromatic hydroxyl groups is 1. The van der Waals surface area contributed by atoms with E-state index in [0.29, 0.717) is 43.0 Å². The minimum atomic E-state index is -2.72. The minimum Gasteiger partial charge on any atom is -0.508 e. The molecule has 32 heavy (non-hydrogen) atoms. The standard InChI is InChI=1S/C21H18F2N6O2S/c1-11-6-7-15(30)12(2)18(11)28-19(31)16-9-24-21(32-16)27-17-5-3-4-14(26-17)13-8-25-29(10-13)20(22)23/h3-10,20,30H,1-2H3,(H,28,31)(H,24,26,27). The van der Waals surface area contributed by atoms with Crippen molar-refractivity contribution in [3.05, 3.63) is 64.9 Å². The van der Waals surface area contributed by atoms with Crippen LogP contribution in [0.4, 0.5) is 25.4 Å². The molecule has 0 saturated heterocycles. The van der Waals surface area contributed by atoms with Crippen molar-refractivity contribution in [1.29, 1.82) is 0 Å².